The van der Waals surface area contributed by atoms with Crippen LogP contribution in [-0.4, -0.2) is 18.4 Å². The Kier molecular flexibility index (Phi) is 5.11. The molecule has 0 aliphatic rings. The Morgan fingerprint density at radius 3 is 2.52 bits per heavy atom. The number of hydrogen-bond acceptors (Lipinski definition) is 4. The molecule has 6 nitrogen and oxygen atoms in total. The first-order valence-corrected chi connectivity index (χ1v) is 6.59. The Balaban J connectivity index is 1.87. The summed E-state index contributed by atoms with van der Waals surface area (Å²) in [6, 6.07) is 10.5. The van der Waals surface area contributed by atoms with Crippen LogP contribution in [-0.2, 0) is 11.3 Å². The van der Waals surface area contributed by atoms with Crippen molar-refractivity contribution in [3.63, 3.8) is 0 Å². The minimum atomic E-state index is -0.302. The minimum absolute atomic E-state index is 0.0762. The topological polar surface area (TPSA) is 97.4 Å². The molecule has 0 radical (unpaired) electrons. The molecule has 2 amide bonds. The number of furan rings is 1. The summed E-state index contributed by atoms with van der Waals surface area (Å²) in [4.78, 5) is 23.1. The zero-order chi connectivity index (χ0) is 15.1. The average Bonchev–Trinajstić information content (AvgIpc) is 3.01. The van der Waals surface area contributed by atoms with Crippen LogP contribution in [0.25, 0.3) is 0 Å². The van der Waals surface area contributed by atoms with Gasteiger partial charge in [0.15, 0.2) is 5.76 Å². The van der Waals surface area contributed by atoms with E-state index in [2.05, 4.69) is 10.6 Å². The van der Waals surface area contributed by atoms with Gasteiger partial charge in [-0.1, -0.05) is 12.1 Å². The van der Waals surface area contributed by atoms with Gasteiger partial charge in [-0.2, -0.15) is 0 Å². The molecule has 0 fully saturated rings. The highest BCUT2D eigenvalue weighted by Crippen LogP contribution is 2.11. The van der Waals surface area contributed by atoms with Crippen LogP contribution in [0.15, 0.2) is 47.1 Å². The van der Waals surface area contributed by atoms with Gasteiger partial charge >= 0.3 is 0 Å². The normalized spacial score (nSPS) is 10.1. The second-order valence-corrected chi connectivity index (χ2v) is 4.44. The lowest BCUT2D eigenvalue weighted by Gasteiger charge is -2.07. The molecule has 1 aromatic heterocycles. The number of nitrogens with two attached hydrogens (primary N) is 1. The molecule has 0 aliphatic heterocycles. The molecule has 110 valence electrons. The predicted octanol–water partition coefficient (Wildman–Crippen LogP) is 1.50. The molecule has 1 aromatic carbocycles. The number of anilines is 1. The van der Waals surface area contributed by atoms with Gasteiger partial charge in [0.05, 0.1) is 6.26 Å². The van der Waals surface area contributed by atoms with Crippen LogP contribution in [0.2, 0.25) is 0 Å². The molecular formula is C15H17N3O3. The molecule has 0 saturated carbocycles. The Labute approximate surface area is 122 Å². The SMILES string of the molecule is NCCC(=O)NCc1ccc(NC(=O)c2ccco2)cc1. The largest absolute Gasteiger partial charge is 0.459 e. The fourth-order valence-corrected chi connectivity index (χ4v) is 1.73. The summed E-state index contributed by atoms with van der Waals surface area (Å²) >= 11 is 0. The van der Waals surface area contributed by atoms with Crippen LogP contribution in [0.4, 0.5) is 5.69 Å². The van der Waals surface area contributed by atoms with Crippen molar-refractivity contribution in [2.45, 2.75) is 13.0 Å². The number of amides is 2. The third kappa shape index (κ3) is 4.47. The maximum Gasteiger partial charge on any atom is 0.291 e. The highest BCUT2D eigenvalue weighted by molar-refractivity contribution is 6.02. The number of carbonyl (C=O) groups excluding carboxylic acids is 2. The predicted molar refractivity (Wildman–Crippen MR) is 78.6 cm³/mol. The quantitative estimate of drug-likeness (QED) is 0.750. The van der Waals surface area contributed by atoms with Gasteiger partial charge in [-0.15, -0.1) is 0 Å². The summed E-state index contributed by atoms with van der Waals surface area (Å²) in [6.07, 6.45) is 1.76. The number of nitrogens with one attached hydrogen (secondary N) is 2. The zero-order valence-electron chi connectivity index (χ0n) is 11.5. The molecule has 4 N–H and O–H groups in total. The van der Waals surface area contributed by atoms with E-state index in [1.165, 1.54) is 6.26 Å². The van der Waals surface area contributed by atoms with Gasteiger partial charge in [-0.25, -0.2) is 0 Å². The first-order chi connectivity index (χ1) is 10.2. The lowest BCUT2D eigenvalue weighted by Crippen LogP contribution is -2.24. The molecule has 0 spiro atoms. The van der Waals surface area contributed by atoms with E-state index < -0.39 is 0 Å². The van der Waals surface area contributed by atoms with Crippen LogP contribution >= 0.6 is 0 Å². The molecule has 6 heteroatoms. The Bertz CT molecular complexity index is 591. The zero-order valence-corrected chi connectivity index (χ0v) is 11.5. The van der Waals surface area contributed by atoms with Crippen LogP contribution < -0.4 is 16.4 Å². The van der Waals surface area contributed by atoms with Crippen LogP contribution in [0.3, 0.4) is 0 Å². The molecule has 1 heterocycles. The average molecular weight is 287 g/mol. The van der Waals surface area contributed by atoms with E-state index >= 15 is 0 Å². The third-order valence-corrected chi connectivity index (χ3v) is 2.82. The van der Waals surface area contributed by atoms with E-state index in [4.69, 9.17) is 10.2 Å². The van der Waals surface area contributed by atoms with Gasteiger partial charge in [0, 0.05) is 25.2 Å². The van der Waals surface area contributed by atoms with Crippen LogP contribution in [0.1, 0.15) is 22.5 Å². The van der Waals surface area contributed by atoms with Crippen molar-refractivity contribution in [3.05, 3.63) is 54.0 Å². The van der Waals surface area contributed by atoms with E-state index in [1.54, 1.807) is 24.3 Å². The maximum absolute atomic E-state index is 11.8. The Morgan fingerprint density at radius 2 is 1.90 bits per heavy atom. The molecule has 0 unspecified atom stereocenters. The first-order valence-electron chi connectivity index (χ1n) is 6.59. The van der Waals surface area contributed by atoms with E-state index in [1.807, 2.05) is 12.1 Å². The van der Waals surface area contributed by atoms with Gasteiger partial charge in [-0.3, -0.25) is 9.59 Å². The lowest BCUT2D eigenvalue weighted by molar-refractivity contribution is -0.121. The summed E-state index contributed by atoms with van der Waals surface area (Å²) in [5.74, 6) is -0.121. The van der Waals surface area contributed by atoms with Crippen LogP contribution in [0, 0.1) is 0 Å². The first kappa shape index (κ1) is 14.8. The van der Waals surface area contributed by atoms with Crippen molar-refractivity contribution in [1.82, 2.24) is 5.32 Å². The number of hydrogen-bond donors (Lipinski definition) is 3. The van der Waals surface area contributed by atoms with Crippen molar-refractivity contribution in [3.8, 4) is 0 Å². The van der Waals surface area contributed by atoms with E-state index in [0.717, 1.165) is 5.56 Å². The molecule has 21 heavy (non-hydrogen) atoms. The monoisotopic (exact) mass is 287 g/mol. The molecule has 0 aliphatic carbocycles. The summed E-state index contributed by atoms with van der Waals surface area (Å²) in [6.45, 7) is 0.773. The second-order valence-electron chi connectivity index (χ2n) is 4.44. The van der Waals surface area contributed by atoms with Crippen molar-refractivity contribution >= 4 is 17.5 Å². The number of carbonyl (C=O) groups is 2. The summed E-state index contributed by atoms with van der Waals surface area (Å²) < 4.78 is 5.01. The molecule has 0 saturated heterocycles. The van der Waals surface area contributed by atoms with Gasteiger partial charge in [0.25, 0.3) is 5.91 Å². The highest BCUT2D eigenvalue weighted by Gasteiger charge is 2.08. The smallest absolute Gasteiger partial charge is 0.291 e. The van der Waals surface area contributed by atoms with Crippen molar-refractivity contribution in [2.24, 2.45) is 5.73 Å². The van der Waals surface area contributed by atoms with Gasteiger partial charge in [-0.05, 0) is 29.8 Å². The molecular weight excluding hydrogens is 270 g/mol. The van der Waals surface area contributed by atoms with Crippen LogP contribution in [0.5, 0.6) is 0 Å². The van der Waals surface area contributed by atoms with E-state index in [9.17, 15) is 9.59 Å². The second kappa shape index (κ2) is 7.25. The lowest BCUT2D eigenvalue weighted by atomic mass is 10.2. The highest BCUT2D eigenvalue weighted by atomic mass is 16.3. The third-order valence-electron chi connectivity index (χ3n) is 2.82. The van der Waals surface area contributed by atoms with Crippen molar-refractivity contribution in [1.29, 1.82) is 0 Å². The fourth-order valence-electron chi connectivity index (χ4n) is 1.73. The van der Waals surface area contributed by atoms with E-state index in [-0.39, 0.29) is 17.6 Å². The van der Waals surface area contributed by atoms with Gasteiger partial charge in [0.1, 0.15) is 0 Å². The van der Waals surface area contributed by atoms with Gasteiger partial charge in [0.2, 0.25) is 5.91 Å². The minimum Gasteiger partial charge on any atom is -0.459 e. The van der Waals surface area contributed by atoms with Crippen molar-refractivity contribution in [2.75, 3.05) is 11.9 Å². The van der Waals surface area contributed by atoms with Crippen molar-refractivity contribution < 1.29 is 14.0 Å². The number of benzene rings is 1. The molecule has 2 aromatic rings. The standard InChI is InChI=1S/C15H17N3O3/c16-8-7-14(19)17-10-11-3-5-12(6-4-11)18-15(20)13-2-1-9-21-13/h1-6,9H,7-8,10,16H2,(H,17,19)(H,18,20). The summed E-state index contributed by atoms with van der Waals surface area (Å²) in [5.41, 5.74) is 6.90. The van der Waals surface area contributed by atoms with E-state index in [0.29, 0.717) is 25.2 Å². The Hall–Kier alpha value is -2.60. The molecule has 0 bridgehead atoms. The summed E-state index contributed by atoms with van der Waals surface area (Å²) in [7, 11) is 0. The number of rotatable bonds is 6. The summed E-state index contributed by atoms with van der Waals surface area (Å²) in [5, 5.41) is 5.48. The molecule has 0 atom stereocenters. The molecule has 2 rings (SSSR count). The fraction of sp³-hybridized carbons (Fsp3) is 0.200. The maximum atomic E-state index is 11.8. The van der Waals surface area contributed by atoms with Gasteiger partial charge < -0.3 is 20.8 Å². The Morgan fingerprint density at radius 1 is 1.14 bits per heavy atom.